The Morgan fingerprint density at radius 3 is 2.42 bits per heavy atom. The Morgan fingerprint density at radius 2 is 1.76 bits per heavy atom. The molecule has 1 aliphatic rings. The Morgan fingerprint density at radius 1 is 1.06 bits per heavy atom. The summed E-state index contributed by atoms with van der Waals surface area (Å²) >= 11 is 0. The molecule has 2 aromatic carbocycles. The number of hydrogen-bond acceptors (Lipinski definition) is 6. The first-order valence-electron chi connectivity index (χ1n) is 11.3. The molecule has 1 amide bonds. The Hall–Kier alpha value is -3.32. The van der Waals surface area contributed by atoms with E-state index in [1.807, 2.05) is 44.2 Å². The highest BCUT2D eigenvalue weighted by molar-refractivity contribution is 5.90. The predicted molar refractivity (Wildman–Crippen MR) is 125 cm³/mol. The minimum Gasteiger partial charge on any atom is -0.507 e. The summed E-state index contributed by atoms with van der Waals surface area (Å²) in [5.74, 6) is -0.401. The third-order valence-corrected chi connectivity index (χ3v) is 6.01. The molecule has 2 N–H and O–H groups in total. The summed E-state index contributed by atoms with van der Waals surface area (Å²) < 4.78 is 11.5. The Bertz CT molecular complexity index is 1190. The van der Waals surface area contributed by atoms with Crippen molar-refractivity contribution in [3.8, 4) is 22.8 Å². The maximum absolute atomic E-state index is 13.1. The second-order valence-electron chi connectivity index (χ2n) is 8.90. The summed E-state index contributed by atoms with van der Waals surface area (Å²) in [6.07, 6.45) is 0.758. The van der Waals surface area contributed by atoms with Gasteiger partial charge >= 0.3 is 0 Å². The van der Waals surface area contributed by atoms with Gasteiger partial charge in [-0.25, -0.2) is 0 Å². The van der Waals surface area contributed by atoms with Gasteiger partial charge in [0.05, 0.1) is 13.2 Å². The molecule has 0 radical (unpaired) electrons. The third-order valence-electron chi connectivity index (χ3n) is 6.01. The van der Waals surface area contributed by atoms with E-state index < -0.39 is 11.3 Å². The Balaban J connectivity index is 1.85. The summed E-state index contributed by atoms with van der Waals surface area (Å²) in [5.41, 5.74) is 0.805. The average Bonchev–Trinajstić information content (AvgIpc) is 2.79. The number of carbonyl (C=O) groups excluding carboxylic acids is 1. The predicted octanol–water partition coefficient (Wildman–Crippen LogP) is 4.25. The maximum Gasteiger partial charge on any atom is 0.223 e. The van der Waals surface area contributed by atoms with Crippen molar-refractivity contribution in [2.75, 3.05) is 26.3 Å². The molecule has 0 aliphatic carbocycles. The molecule has 0 saturated carbocycles. The van der Waals surface area contributed by atoms with Crippen LogP contribution in [-0.2, 0) is 9.53 Å². The molecule has 1 saturated heterocycles. The van der Waals surface area contributed by atoms with Crippen LogP contribution in [-0.4, -0.2) is 47.3 Å². The smallest absolute Gasteiger partial charge is 0.223 e. The monoisotopic (exact) mass is 451 g/mol. The molecule has 1 aliphatic heterocycles. The molecule has 0 bridgehead atoms. The van der Waals surface area contributed by atoms with Crippen molar-refractivity contribution in [3.05, 3.63) is 58.3 Å². The van der Waals surface area contributed by atoms with Gasteiger partial charge in [-0.15, -0.1) is 0 Å². The summed E-state index contributed by atoms with van der Waals surface area (Å²) in [7, 11) is 0. The van der Waals surface area contributed by atoms with Crippen LogP contribution in [0.5, 0.6) is 11.5 Å². The lowest BCUT2D eigenvalue weighted by Gasteiger charge is -2.29. The van der Waals surface area contributed by atoms with Crippen molar-refractivity contribution in [1.29, 1.82) is 0 Å². The van der Waals surface area contributed by atoms with Gasteiger partial charge in [-0.1, -0.05) is 44.2 Å². The van der Waals surface area contributed by atoms with E-state index in [-0.39, 0.29) is 40.7 Å². The number of fused-ring (bicyclic) bond motifs is 1. The van der Waals surface area contributed by atoms with Crippen molar-refractivity contribution in [1.82, 2.24) is 4.90 Å². The fraction of sp³-hybridized carbons (Fsp3) is 0.385. The molecule has 1 fully saturated rings. The molecule has 3 aromatic rings. The zero-order chi connectivity index (χ0) is 23.5. The lowest BCUT2D eigenvalue weighted by atomic mass is 9.85. The van der Waals surface area contributed by atoms with E-state index in [2.05, 4.69) is 0 Å². The SMILES string of the molecule is CC(C)CC(CC(=O)N1CCOCC1)c1c(O)cc(O)c2c(=O)cc(-c3ccccc3)oc12. The second kappa shape index (κ2) is 9.67. The van der Waals surface area contributed by atoms with Gasteiger partial charge in [0.25, 0.3) is 0 Å². The Kier molecular flexibility index (Phi) is 6.70. The third kappa shape index (κ3) is 4.88. The van der Waals surface area contributed by atoms with Crippen LogP contribution in [0.3, 0.4) is 0 Å². The van der Waals surface area contributed by atoms with Gasteiger partial charge in [-0.3, -0.25) is 9.59 Å². The van der Waals surface area contributed by atoms with Crippen LogP contribution in [0.15, 0.2) is 51.7 Å². The number of morpholine rings is 1. The van der Waals surface area contributed by atoms with Gasteiger partial charge in [0.15, 0.2) is 5.43 Å². The van der Waals surface area contributed by atoms with Crippen LogP contribution in [0.4, 0.5) is 0 Å². The van der Waals surface area contributed by atoms with Crippen molar-refractivity contribution in [2.45, 2.75) is 32.6 Å². The highest BCUT2D eigenvalue weighted by Gasteiger charge is 2.29. The highest BCUT2D eigenvalue weighted by atomic mass is 16.5. The molecule has 7 heteroatoms. The van der Waals surface area contributed by atoms with Crippen LogP contribution in [0, 0.1) is 5.92 Å². The quantitative estimate of drug-likeness (QED) is 0.581. The first-order valence-corrected chi connectivity index (χ1v) is 11.3. The summed E-state index contributed by atoms with van der Waals surface area (Å²) in [5, 5.41) is 21.3. The molecule has 174 valence electrons. The minimum atomic E-state index is -0.406. The number of hydrogen-bond donors (Lipinski definition) is 2. The minimum absolute atomic E-state index is 0.00931. The van der Waals surface area contributed by atoms with Crippen molar-refractivity contribution >= 4 is 16.9 Å². The molecule has 1 atom stereocenters. The van der Waals surface area contributed by atoms with Gasteiger partial charge in [-0.2, -0.15) is 0 Å². The summed E-state index contributed by atoms with van der Waals surface area (Å²) in [6.45, 7) is 6.15. The van der Waals surface area contributed by atoms with E-state index >= 15 is 0 Å². The summed E-state index contributed by atoms with van der Waals surface area (Å²) in [6, 6.07) is 11.7. The molecule has 4 rings (SSSR count). The van der Waals surface area contributed by atoms with Gasteiger partial charge in [0.2, 0.25) is 5.91 Å². The van der Waals surface area contributed by atoms with Gasteiger partial charge in [-0.05, 0) is 12.3 Å². The van der Waals surface area contributed by atoms with E-state index in [4.69, 9.17) is 9.15 Å². The number of ether oxygens (including phenoxy) is 1. The zero-order valence-electron chi connectivity index (χ0n) is 18.9. The fourth-order valence-corrected chi connectivity index (χ4v) is 4.49. The standard InChI is InChI=1S/C26H29NO6/c1-16(2)12-18(13-23(31)27-8-10-32-11-9-27)24-19(28)14-20(29)25-21(30)15-22(33-26(24)25)17-6-4-3-5-7-17/h3-7,14-16,18,28-29H,8-13H2,1-2H3. The number of rotatable bonds is 6. The lowest BCUT2D eigenvalue weighted by molar-refractivity contribution is -0.135. The van der Waals surface area contributed by atoms with E-state index in [0.717, 1.165) is 0 Å². The largest absolute Gasteiger partial charge is 0.507 e. The van der Waals surface area contributed by atoms with Gasteiger partial charge in [0.1, 0.15) is 28.2 Å². The van der Waals surface area contributed by atoms with E-state index in [9.17, 15) is 19.8 Å². The van der Waals surface area contributed by atoms with Crippen LogP contribution >= 0.6 is 0 Å². The fourth-order valence-electron chi connectivity index (χ4n) is 4.49. The van der Waals surface area contributed by atoms with Gasteiger partial charge < -0.3 is 24.3 Å². The average molecular weight is 452 g/mol. The zero-order valence-corrected chi connectivity index (χ0v) is 18.9. The van der Waals surface area contributed by atoms with Crippen molar-refractivity contribution in [2.24, 2.45) is 5.92 Å². The number of amides is 1. The molecule has 7 nitrogen and oxygen atoms in total. The highest BCUT2D eigenvalue weighted by Crippen LogP contribution is 2.42. The number of nitrogens with zero attached hydrogens (tertiary/aromatic N) is 1. The van der Waals surface area contributed by atoms with E-state index in [1.165, 1.54) is 12.1 Å². The molecule has 33 heavy (non-hydrogen) atoms. The second-order valence-corrected chi connectivity index (χ2v) is 8.90. The van der Waals surface area contributed by atoms with Crippen LogP contribution in [0.2, 0.25) is 0 Å². The number of phenolic OH excluding ortho intramolecular Hbond substituents is 2. The van der Waals surface area contributed by atoms with Crippen LogP contribution in [0.1, 0.15) is 38.2 Å². The number of phenols is 2. The molecular formula is C26H29NO6. The maximum atomic E-state index is 13.1. The summed E-state index contributed by atoms with van der Waals surface area (Å²) in [4.78, 5) is 27.8. The van der Waals surface area contributed by atoms with Crippen molar-refractivity contribution in [3.63, 3.8) is 0 Å². The van der Waals surface area contributed by atoms with Crippen LogP contribution in [0.25, 0.3) is 22.3 Å². The van der Waals surface area contributed by atoms with Crippen LogP contribution < -0.4 is 5.43 Å². The topological polar surface area (TPSA) is 100 Å². The molecular weight excluding hydrogens is 422 g/mol. The molecule has 1 aromatic heterocycles. The molecule has 2 heterocycles. The first kappa shape index (κ1) is 22.9. The molecule has 0 spiro atoms. The number of carbonyl (C=O) groups is 1. The number of aromatic hydroxyl groups is 2. The van der Waals surface area contributed by atoms with E-state index in [1.54, 1.807) is 4.90 Å². The first-order chi connectivity index (χ1) is 15.8. The normalized spacial score (nSPS) is 15.2. The lowest BCUT2D eigenvalue weighted by Crippen LogP contribution is -2.41. The van der Waals surface area contributed by atoms with E-state index in [0.29, 0.717) is 49.6 Å². The van der Waals surface area contributed by atoms with Crippen molar-refractivity contribution < 1.29 is 24.2 Å². The van der Waals surface area contributed by atoms with Gasteiger partial charge in [0, 0.05) is 48.7 Å². The molecule has 1 unspecified atom stereocenters. The number of benzene rings is 2. The Labute approximate surface area is 192 Å².